The number of halogens is 2. The predicted octanol–water partition coefficient (Wildman–Crippen LogP) is 2.69. The number of fused-ring (bicyclic) bond motifs is 1. The van der Waals surface area contributed by atoms with Crippen molar-refractivity contribution >= 4 is 31.8 Å². The van der Waals surface area contributed by atoms with Crippen molar-refractivity contribution in [1.29, 1.82) is 0 Å². The largest absolute Gasteiger partial charge is 0.772 e. The molecule has 0 spiro atoms. The summed E-state index contributed by atoms with van der Waals surface area (Å²) < 4.78 is 84.1. The summed E-state index contributed by atoms with van der Waals surface area (Å²) in [4.78, 5) is -0.0617. The number of H-pyrrole nitrogens is 1. The second-order valence-corrected chi connectivity index (χ2v) is 10.2. The fraction of sp³-hybridized carbons (Fsp3) is 0.316. The highest BCUT2D eigenvalue weighted by Crippen LogP contribution is 2.41. The number of sulfone groups is 1. The van der Waals surface area contributed by atoms with Crippen molar-refractivity contribution in [3.05, 3.63) is 41.5 Å². The lowest BCUT2D eigenvalue weighted by Gasteiger charge is -2.27. The zero-order chi connectivity index (χ0) is 22.3. The van der Waals surface area contributed by atoms with Crippen LogP contribution >= 0.6 is 0 Å². The number of alkyl halides is 2. The third-order valence-corrected chi connectivity index (χ3v) is 7.77. The highest BCUT2D eigenvalue weighted by molar-refractivity contribution is 7.92. The molecule has 0 saturated carbocycles. The molecule has 166 valence electrons. The average molecular weight is 471 g/mol. The van der Waals surface area contributed by atoms with Crippen LogP contribution in [0.15, 0.2) is 35.2 Å². The zero-order valence-electron chi connectivity index (χ0n) is 16.1. The van der Waals surface area contributed by atoms with E-state index in [2.05, 4.69) is 14.9 Å². The molecule has 1 fully saturated rings. The van der Waals surface area contributed by atoms with E-state index in [1.165, 1.54) is 12.1 Å². The zero-order valence-corrected chi connectivity index (χ0v) is 17.8. The van der Waals surface area contributed by atoms with Crippen LogP contribution < -0.4 is 4.74 Å². The smallest absolute Gasteiger partial charge is 0.388 e. The minimum atomic E-state index is -3.85. The van der Waals surface area contributed by atoms with Gasteiger partial charge in [0.05, 0.1) is 29.0 Å². The molecule has 1 N–H and O–H groups in total. The second kappa shape index (κ2) is 8.26. The number of aryl methyl sites for hydroxylation is 1. The number of rotatable bonds is 7. The van der Waals surface area contributed by atoms with Gasteiger partial charge in [-0.3, -0.25) is 9.31 Å². The van der Waals surface area contributed by atoms with Crippen LogP contribution in [0, 0.1) is 6.92 Å². The molecule has 0 aliphatic carbocycles. The fourth-order valence-corrected chi connectivity index (χ4v) is 5.72. The summed E-state index contributed by atoms with van der Waals surface area (Å²) in [5, 5.41) is 5.70. The molecule has 3 aromatic rings. The van der Waals surface area contributed by atoms with Gasteiger partial charge in [-0.1, -0.05) is 29.3 Å². The van der Waals surface area contributed by atoms with E-state index in [1.54, 1.807) is 25.1 Å². The average Bonchev–Trinajstić information content (AvgIpc) is 3.03. The minimum Gasteiger partial charge on any atom is -0.772 e. The van der Waals surface area contributed by atoms with Crippen molar-refractivity contribution in [2.75, 3.05) is 13.2 Å². The van der Waals surface area contributed by atoms with E-state index in [0.717, 1.165) is 0 Å². The van der Waals surface area contributed by atoms with Crippen LogP contribution in [0.25, 0.3) is 22.0 Å². The lowest BCUT2D eigenvalue weighted by Crippen LogP contribution is -2.40. The molecule has 8 nitrogen and oxygen atoms in total. The Balaban J connectivity index is 1.98. The highest BCUT2D eigenvalue weighted by atomic mass is 32.2. The quantitative estimate of drug-likeness (QED) is 0.526. The summed E-state index contributed by atoms with van der Waals surface area (Å²) >= 11 is -2.30. The Bertz CT molecular complexity index is 1270. The Kier molecular flexibility index (Phi) is 5.81. The molecular weight excluding hydrogens is 454 g/mol. The first-order valence-corrected chi connectivity index (χ1v) is 11.9. The molecule has 4 rings (SSSR count). The number of hydrogen-bond acceptors (Lipinski definition) is 7. The van der Waals surface area contributed by atoms with Crippen LogP contribution in [-0.4, -0.2) is 52.5 Å². The molecule has 1 unspecified atom stereocenters. The molecule has 1 aliphatic heterocycles. The van der Waals surface area contributed by atoms with Gasteiger partial charge >= 0.3 is 6.61 Å². The van der Waals surface area contributed by atoms with E-state index in [4.69, 9.17) is 4.74 Å². The number of benzene rings is 2. The Morgan fingerprint density at radius 3 is 2.65 bits per heavy atom. The van der Waals surface area contributed by atoms with Crippen LogP contribution in [0.1, 0.15) is 11.1 Å². The van der Waals surface area contributed by atoms with Crippen LogP contribution in [0.2, 0.25) is 0 Å². The van der Waals surface area contributed by atoms with Crippen molar-refractivity contribution in [3.63, 3.8) is 0 Å². The van der Waals surface area contributed by atoms with Crippen molar-refractivity contribution in [2.45, 2.75) is 29.4 Å². The van der Waals surface area contributed by atoms with Gasteiger partial charge < -0.3 is 14.0 Å². The van der Waals surface area contributed by atoms with E-state index in [0.29, 0.717) is 22.2 Å². The second-order valence-electron chi connectivity index (χ2n) is 7.06. The van der Waals surface area contributed by atoms with E-state index in [1.807, 2.05) is 0 Å². The molecule has 1 atom stereocenters. The van der Waals surface area contributed by atoms with Gasteiger partial charge in [-0.25, -0.2) is 8.42 Å². The van der Waals surface area contributed by atoms with Gasteiger partial charge in [0.1, 0.15) is 5.25 Å². The molecule has 31 heavy (non-hydrogen) atoms. The van der Waals surface area contributed by atoms with Crippen LogP contribution in [0.3, 0.4) is 0 Å². The molecule has 2 heterocycles. The predicted molar refractivity (Wildman–Crippen MR) is 107 cm³/mol. The third kappa shape index (κ3) is 4.07. The molecule has 0 bridgehead atoms. The first-order chi connectivity index (χ1) is 14.7. The SMILES string of the molecule is Cc1cc(-c2c(S(=O)(=O)C3COC3)ccc3[nH]nc(OC(F)F)c23)ccc1CS(=O)[O-]. The van der Waals surface area contributed by atoms with Crippen molar-refractivity contribution < 1.29 is 35.4 Å². The van der Waals surface area contributed by atoms with Gasteiger partial charge in [-0.05, 0) is 35.7 Å². The topological polar surface area (TPSA) is 121 Å². The normalized spacial score (nSPS) is 15.9. The summed E-state index contributed by atoms with van der Waals surface area (Å²) in [5.41, 5.74) is 2.03. The molecule has 0 radical (unpaired) electrons. The maximum Gasteiger partial charge on any atom is 0.388 e. The van der Waals surface area contributed by atoms with Gasteiger partial charge in [-0.2, -0.15) is 8.78 Å². The Morgan fingerprint density at radius 1 is 1.32 bits per heavy atom. The molecule has 0 amide bonds. The Labute approximate surface area is 178 Å². The van der Waals surface area contributed by atoms with Gasteiger partial charge in [-0.15, -0.1) is 5.10 Å². The fourth-order valence-electron chi connectivity index (χ4n) is 3.47. The monoisotopic (exact) mass is 471 g/mol. The lowest BCUT2D eigenvalue weighted by molar-refractivity contribution is -0.0518. The van der Waals surface area contributed by atoms with E-state index in [-0.39, 0.29) is 34.8 Å². The number of nitrogens with one attached hydrogen (secondary N) is 1. The molecular formula is C19H17F2N2O6S2-. The molecule has 1 saturated heterocycles. The summed E-state index contributed by atoms with van der Waals surface area (Å²) in [6.45, 7) is -1.39. The van der Waals surface area contributed by atoms with Gasteiger partial charge in [0.25, 0.3) is 0 Å². The first kappa shape index (κ1) is 21.8. The number of aromatic amines is 1. The van der Waals surface area contributed by atoms with Crippen molar-refractivity contribution in [3.8, 4) is 17.0 Å². The maximum absolute atomic E-state index is 13.2. The molecule has 1 aromatic heterocycles. The maximum atomic E-state index is 13.2. The third-order valence-electron chi connectivity index (χ3n) is 5.12. The van der Waals surface area contributed by atoms with Crippen LogP contribution in [0.4, 0.5) is 8.78 Å². The van der Waals surface area contributed by atoms with Crippen LogP contribution in [0.5, 0.6) is 5.88 Å². The Hall–Kier alpha value is -2.41. The lowest BCUT2D eigenvalue weighted by atomic mass is 9.97. The molecule has 2 aromatic carbocycles. The van der Waals surface area contributed by atoms with Crippen molar-refractivity contribution in [1.82, 2.24) is 10.2 Å². The van der Waals surface area contributed by atoms with E-state index >= 15 is 0 Å². The van der Waals surface area contributed by atoms with Gasteiger partial charge in [0.2, 0.25) is 5.88 Å². The summed E-state index contributed by atoms with van der Waals surface area (Å²) in [6.07, 6.45) is 0. The highest BCUT2D eigenvalue weighted by Gasteiger charge is 2.37. The van der Waals surface area contributed by atoms with Crippen molar-refractivity contribution in [2.24, 2.45) is 0 Å². The number of hydrogen-bond donors (Lipinski definition) is 1. The minimum absolute atomic E-state index is 0.0405. The number of ether oxygens (including phenoxy) is 2. The Morgan fingerprint density at radius 2 is 2.06 bits per heavy atom. The first-order valence-electron chi connectivity index (χ1n) is 9.11. The number of aromatic nitrogens is 2. The molecule has 12 heteroatoms. The standard InChI is InChI=1S/C19H18F2N2O6S2/c1-10-6-11(2-3-12(10)9-30(24)25)16-15(31(26,27)13-7-28-8-13)5-4-14-17(16)18(23-22-14)29-19(20)21/h2-6,13,19H,7-9H2,1H3,(H,22,23)(H,24,25)/p-1. The molecule has 1 aliphatic rings. The number of nitrogens with zero attached hydrogens (tertiary/aromatic N) is 1. The van der Waals surface area contributed by atoms with E-state index < -0.39 is 38.7 Å². The summed E-state index contributed by atoms with van der Waals surface area (Å²) in [6, 6.07) is 7.58. The van der Waals surface area contributed by atoms with Gasteiger partial charge in [0.15, 0.2) is 9.84 Å². The summed E-state index contributed by atoms with van der Waals surface area (Å²) in [7, 11) is -3.85. The van der Waals surface area contributed by atoms with Crippen LogP contribution in [-0.2, 0) is 31.4 Å². The van der Waals surface area contributed by atoms with E-state index in [9.17, 15) is 26.0 Å². The van der Waals surface area contributed by atoms with Gasteiger partial charge in [0, 0.05) is 11.3 Å². The summed E-state index contributed by atoms with van der Waals surface area (Å²) in [5.74, 6) is -0.629.